The first-order valence-electron chi connectivity index (χ1n) is 6.75. The Hall–Kier alpha value is -1.74. The SMILES string of the molecule is CNCC(Cc1cc(F)cc(F)c1)c1ccccc1C. The van der Waals surface area contributed by atoms with E-state index in [4.69, 9.17) is 0 Å². The molecular formula is C17H19F2N. The van der Waals surface area contributed by atoms with Crippen LogP contribution in [0.25, 0.3) is 0 Å². The molecule has 106 valence electrons. The van der Waals surface area contributed by atoms with Crippen molar-refractivity contribution in [3.8, 4) is 0 Å². The third-order valence-corrected chi connectivity index (χ3v) is 3.48. The molecule has 0 heterocycles. The molecule has 0 aliphatic heterocycles. The first-order valence-corrected chi connectivity index (χ1v) is 6.75. The molecule has 2 aromatic carbocycles. The summed E-state index contributed by atoms with van der Waals surface area (Å²) in [6, 6.07) is 11.9. The van der Waals surface area contributed by atoms with E-state index >= 15 is 0 Å². The summed E-state index contributed by atoms with van der Waals surface area (Å²) < 4.78 is 26.6. The number of rotatable bonds is 5. The van der Waals surface area contributed by atoms with Crippen molar-refractivity contribution in [2.24, 2.45) is 0 Å². The predicted octanol–water partition coefficient (Wildman–Crippen LogP) is 3.82. The maximum Gasteiger partial charge on any atom is 0.126 e. The Kier molecular flexibility index (Phi) is 4.85. The van der Waals surface area contributed by atoms with E-state index in [2.05, 4.69) is 24.4 Å². The summed E-state index contributed by atoms with van der Waals surface area (Å²) in [5.41, 5.74) is 3.10. The molecule has 1 unspecified atom stereocenters. The molecule has 1 nitrogen and oxygen atoms in total. The van der Waals surface area contributed by atoms with Gasteiger partial charge in [0.1, 0.15) is 11.6 Å². The first-order chi connectivity index (χ1) is 9.60. The van der Waals surface area contributed by atoms with Gasteiger partial charge in [0.05, 0.1) is 0 Å². The smallest absolute Gasteiger partial charge is 0.126 e. The van der Waals surface area contributed by atoms with E-state index in [1.807, 2.05) is 19.2 Å². The normalized spacial score (nSPS) is 12.4. The van der Waals surface area contributed by atoms with E-state index in [-0.39, 0.29) is 5.92 Å². The lowest BCUT2D eigenvalue weighted by atomic mass is 9.89. The van der Waals surface area contributed by atoms with E-state index < -0.39 is 11.6 Å². The van der Waals surface area contributed by atoms with Gasteiger partial charge in [-0.2, -0.15) is 0 Å². The standard InChI is InChI=1S/C17H19F2N/c1-12-5-3-4-6-17(12)14(11-20-2)7-13-8-15(18)10-16(19)9-13/h3-6,8-10,14,20H,7,11H2,1-2H3. The van der Waals surface area contributed by atoms with Gasteiger partial charge in [-0.05, 0) is 49.2 Å². The van der Waals surface area contributed by atoms with Crippen molar-refractivity contribution in [3.05, 3.63) is 70.8 Å². The minimum Gasteiger partial charge on any atom is -0.319 e. The highest BCUT2D eigenvalue weighted by molar-refractivity contribution is 5.31. The Morgan fingerprint density at radius 2 is 1.70 bits per heavy atom. The number of likely N-dealkylation sites (N-methyl/N-ethyl adjacent to an activating group) is 1. The molecule has 20 heavy (non-hydrogen) atoms. The molecule has 0 aliphatic carbocycles. The summed E-state index contributed by atoms with van der Waals surface area (Å²) in [5.74, 6) is -0.844. The minimum absolute atomic E-state index is 0.197. The van der Waals surface area contributed by atoms with Gasteiger partial charge in [0.15, 0.2) is 0 Å². The fourth-order valence-electron chi connectivity index (χ4n) is 2.60. The molecule has 0 spiro atoms. The maximum atomic E-state index is 13.3. The van der Waals surface area contributed by atoms with Gasteiger partial charge in [-0.15, -0.1) is 0 Å². The van der Waals surface area contributed by atoms with Crippen LogP contribution >= 0.6 is 0 Å². The van der Waals surface area contributed by atoms with Crippen LogP contribution in [0.2, 0.25) is 0 Å². The Bertz CT molecular complexity index is 561. The van der Waals surface area contributed by atoms with Crippen molar-refractivity contribution >= 4 is 0 Å². The summed E-state index contributed by atoms with van der Waals surface area (Å²) in [4.78, 5) is 0. The molecule has 0 amide bonds. The minimum atomic E-state index is -0.520. The van der Waals surface area contributed by atoms with Crippen LogP contribution in [0.3, 0.4) is 0 Å². The van der Waals surface area contributed by atoms with Crippen LogP contribution in [0.15, 0.2) is 42.5 Å². The third-order valence-electron chi connectivity index (χ3n) is 3.48. The van der Waals surface area contributed by atoms with E-state index in [0.29, 0.717) is 12.0 Å². The van der Waals surface area contributed by atoms with Crippen LogP contribution in [0.1, 0.15) is 22.6 Å². The lowest BCUT2D eigenvalue weighted by Crippen LogP contribution is -2.20. The van der Waals surface area contributed by atoms with Gasteiger partial charge in [0, 0.05) is 18.5 Å². The summed E-state index contributed by atoms with van der Waals surface area (Å²) >= 11 is 0. The van der Waals surface area contributed by atoms with Crippen molar-refractivity contribution in [1.29, 1.82) is 0 Å². The predicted molar refractivity (Wildman–Crippen MR) is 77.9 cm³/mol. The Balaban J connectivity index is 2.28. The molecule has 3 heteroatoms. The molecule has 0 aromatic heterocycles. The van der Waals surface area contributed by atoms with E-state index in [1.54, 1.807) is 0 Å². The van der Waals surface area contributed by atoms with Gasteiger partial charge < -0.3 is 5.32 Å². The second-order valence-electron chi connectivity index (χ2n) is 5.09. The highest BCUT2D eigenvalue weighted by Crippen LogP contribution is 2.24. The molecule has 0 saturated heterocycles. The molecule has 1 atom stereocenters. The van der Waals surface area contributed by atoms with Crippen molar-refractivity contribution in [2.45, 2.75) is 19.3 Å². The molecule has 0 saturated carbocycles. The monoisotopic (exact) mass is 275 g/mol. The van der Waals surface area contributed by atoms with Crippen LogP contribution in [-0.4, -0.2) is 13.6 Å². The zero-order chi connectivity index (χ0) is 14.5. The van der Waals surface area contributed by atoms with E-state index in [9.17, 15) is 8.78 Å². The number of benzene rings is 2. The lowest BCUT2D eigenvalue weighted by Gasteiger charge is -2.19. The van der Waals surface area contributed by atoms with Crippen molar-refractivity contribution in [2.75, 3.05) is 13.6 Å². The highest BCUT2D eigenvalue weighted by Gasteiger charge is 2.14. The van der Waals surface area contributed by atoms with E-state index in [1.165, 1.54) is 23.3 Å². The van der Waals surface area contributed by atoms with Crippen molar-refractivity contribution < 1.29 is 8.78 Å². The Labute approximate surface area is 118 Å². The Morgan fingerprint density at radius 3 is 2.30 bits per heavy atom. The van der Waals surface area contributed by atoms with Gasteiger partial charge in [0.2, 0.25) is 0 Å². The molecule has 1 N–H and O–H groups in total. The number of nitrogens with one attached hydrogen (secondary N) is 1. The molecular weight excluding hydrogens is 256 g/mol. The first kappa shape index (κ1) is 14.7. The average molecular weight is 275 g/mol. The van der Waals surface area contributed by atoms with E-state index in [0.717, 1.165) is 12.6 Å². The van der Waals surface area contributed by atoms with Crippen LogP contribution in [0.4, 0.5) is 8.78 Å². The number of halogens is 2. The second kappa shape index (κ2) is 6.62. The topological polar surface area (TPSA) is 12.0 Å². The molecule has 0 bridgehead atoms. The zero-order valence-corrected chi connectivity index (χ0v) is 11.8. The Morgan fingerprint density at radius 1 is 1.05 bits per heavy atom. The van der Waals surface area contributed by atoms with Crippen LogP contribution in [0.5, 0.6) is 0 Å². The van der Waals surface area contributed by atoms with Crippen LogP contribution in [0, 0.1) is 18.6 Å². The summed E-state index contributed by atoms with van der Waals surface area (Å²) in [5, 5.41) is 3.16. The van der Waals surface area contributed by atoms with Crippen molar-refractivity contribution in [3.63, 3.8) is 0 Å². The van der Waals surface area contributed by atoms with Gasteiger partial charge in [-0.1, -0.05) is 24.3 Å². The quantitative estimate of drug-likeness (QED) is 0.874. The van der Waals surface area contributed by atoms with Crippen LogP contribution < -0.4 is 5.32 Å². The van der Waals surface area contributed by atoms with Crippen LogP contribution in [-0.2, 0) is 6.42 Å². The largest absolute Gasteiger partial charge is 0.319 e. The molecule has 0 radical (unpaired) electrons. The van der Waals surface area contributed by atoms with Gasteiger partial charge in [0.25, 0.3) is 0 Å². The fourth-order valence-corrected chi connectivity index (χ4v) is 2.60. The fraction of sp³-hybridized carbons (Fsp3) is 0.294. The summed E-state index contributed by atoms with van der Waals surface area (Å²) in [6.45, 7) is 2.83. The number of hydrogen-bond donors (Lipinski definition) is 1. The lowest BCUT2D eigenvalue weighted by molar-refractivity contribution is 0.571. The number of hydrogen-bond acceptors (Lipinski definition) is 1. The summed E-state index contributed by atoms with van der Waals surface area (Å²) in [7, 11) is 1.89. The van der Waals surface area contributed by atoms with Gasteiger partial charge >= 0.3 is 0 Å². The molecule has 2 rings (SSSR count). The molecule has 2 aromatic rings. The zero-order valence-electron chi connectivity index (χ0n) is 11.8. The van der Waals surface area contributed by atoms with Gasteiger partial charge in [-0.3, -0.25) is 0 Å². The average Bonchev–Trinajstić information content (AvgIpc) is 2.37. The van der Waals surface area contributed by atoms with Gasteiger partial charge in [-0.25, -0.2) is 8.78 Å². The molecule has 0 fully saturated rings. The third kappa shape index (κ3) is 3.64. The second-order valence-corrected chi connectivity index (χ2v) is 5.09. The summed E-state index contributed by atoms with van der Waals surface area (Å²) in [6.07, 6.45) is 0.611. The number of aryl methyl sites for hydroxylation is 1. The highest BCUT2D eigenvalue weighted by atomic mass is 19.1. The van der Waals surface area contributed by atoms with Crippen molar-refractivity contribution in [1.82, 2.24) is 5.32 Å². The maximum absolute atomic E-state index is 13.3. The molecule has 0 aliphatic rings.